The van der Waals surface area contributed by atoms with Gasteiger partial charge in [0.05, 0.1) is 17.2 Å². The van der Waals surface area contributed by atoms with Gasteiger partial charge in [0.1, 0.15) is 16.9 Å². The molecule has 1 N–H and O–H groups in total. The number of nitrogens with zero attached hydrogens (tertiary/aromatic N) is 4. The third-order valence-electron chi connectivity index (χ3n) is 3.12. The van der Waals surface area contributed by atoms with Gasteiger partial charge in [-0.2, -0.15) is 0 Å². The molecule has 0 aliphatic carbocycles. The summed E-state index contributed by atoms with van der Waals surface area (Å²) in [6.07, 6.45) is 6.63. The second kappa shape index (κ2) is 4.64. The Kier molecular flexibility index (Phi) is 2.65. The molecule has 3 heterocycles. The van der Waals surface area contributed by atoms with E-state index in [1.807, 2.05) is 17.5 Å². The van der Waals surface area contributed by atoms with Crippen molar-refractivity contribution in [1.29, 1.82) is 0 Å². The number of carbonyl (C=O) groups is 1. The Hall–Kier alpha value is -2.80. The Morgan fingerprint density at radius 2 is 2.05 bits per heavy atom. The largest absolute Gasteiger partial charge is 0.321 e. The number of aromatic nitrogens is 4. The van der Waals surface area contributed by atoms with Crippen LogP contribution >= 0.6 is 11.3 Å². The van der Waals surface area contributed by atoms with E-state index in [0.717, 1.165) is 15.9 Å². The lowest BCUT2D eigenvalue weighted by Crippen LogP contribution is -2.13. The molecule has 0 saturated heterocycles. The zero-order valence-corrected chi connectivity index (χ0v) is 11.5. The summed E-state index contributed by atoms with van der Waals surface area (Å²) < 4.78 is 1.76. The lowest BCUT2D eigenvalue weighted by atomic mass is 10.2. The molecule has 4 rings (SSSR count). The molecule has 0 aliphatic heterocycles. The first kappa shape index (κ1) is 12.0. The van der Waals surface area contributed by atoms with Crippen LogP contribution in [0.25, 0.3) is 15.9 Å². The Bertz CT molecular complexity index is 958. The van der Waals surface area contributed by atoms with Crippen LogP contribution in [0.1, 0.15) is 10.5 Å². The van der Waals surface area contributed by atoms with Crippen molar-refractivity contribution in [3.63, 3.8) is 0 Å². The average Bonchev–Trinajstić information content (AvgIpc) is 3.09. The summed E-state index contributed by atoms with van der Waals surface area (Å²) >= 11 is 1.48. The van der Waals surface area contributed by atoms with Crippen molar-refractivity contribution >= 4 is 38.8 Å². The number of anilines is 1. The van der Waals surface area contributed by atoms with Crippen LogP contribution in [0.15, 0.2) is 48.5 Å². The Morgan fingerprint density at radius 1 is 1.19 bits per heavy atom. The quantitative estimate of drug-likeness (QED) is 0.617. The zero-order valence-electron chi connectivity index (χ0n) is 10.7. The molecular formula is C14H9N5OS. The lowest BCUT2D eigenvalue weighted by Gasteiger charge is -2.05. The fourth-order valence-electron chi connectivity index (χ4n) is 2.12. The highest BCUT2D eigenvalue weighted by Crippen LogP contribution is 2.19. The van der Waals surface area contributed by atoms with Crippen LogP contribution < -0.4 is 5.32 Å². The smallest absolute Gasteiger partial charge is 0.273 e. The number of benzene rings is 1. The van der Waals surface area contributed by atoms with Crippen LogP contribution in [0.3, 0.4) is 0 Å². The molecule has 0 radical (unpaired) electrons. The monoisotopic (exact) mass is 295 g/mol. The number of carbonyl (C=O) groups excluding carboxylic acids is 1. The van der Waals surface area contributed by atoms with Gasteiger partial charge in [-0.15, -0.1) is 11.3 Å². The number of rotatable bonds is 2. The van der Waals surface area contributed by atoms with Crippen molar-refractivity contribution in [2.24, 2.45) is 0 Å². The number of amides is 1. The van der Waals surface area contributed by atoms with Gasteiger partial charge in [-0.05, 0) is 18.2 Å². The van der Waals surface area contributed by atoms with E-state index in [4.69, 9.17) is 0 Å². The van der Waals surface area contributed by atoms with E-state index >= 15 is 0 Å². The van der Waals surface area contributed by atoms with Crippen molar-refractivity contribution in [3.8, 4) is 0 Å². The van der Waals surface area contributed by atoms with Gasteiger partial charge in [0.15, 0.2) is 0 Å². The predicted molar refractivity (Wildman–Crippen MR) is 80.6 cm³/mol. The van der Waals surface area contributed by atoms with Crippen molar-refractivity contribution < 1.29 is 4.79 Å². The summed E-state index contributed by atoms with van der Waals surface area (Å²) in [6, 6.07) is 5.45. The molecule has 4 aromatic rings. The van der Waals surface area contributed by atoms with E-state index in [9.17, 15) is 4.79 Å². The SMILES string of the molecule is O=C(Nc1ccc2nccnc2c1)c1csc2cncn12. The van der Waals surface area contributed by atoms with Gasteiger partial charge >= 0.3 is 0 Å². The first-order valence-electron chi connectivity index (χ1n) is 6.23. The molecule has 0 atom stereocenters. The van der Waals surface area contributed by atoms with Gasteiger partial charge < -0.3 is 5.32 Å². The van der Waals surface area contributed by atoms with Gasteiger partial charge in [-0.1, -0.05) is 0 Å². The van der Waals surface area contributed by atoms with Crippen LogP contribution in [0.2, 0.25) is 0 Å². The molecule has 21 heavy (non-hydrogen) atoms. The van der Waals surface area contributed by atoms with Crippen LogP contribution in [-0.2, 0) is 0 Å². The van der Waals surface area contributed by atoms with Crippen LogP contribution in [0, 0.1) is 0 Å². The maximum Gasteiger partial charge on any atom is 0.273 e. The summed E-state index contributed by atoms with van der Waals surface area (Å²) in [4.78, 5) is 25.7. The van der Waals surface area contributed by atoms with Crippen molar-refractivity contribution in [1.82, 2.24) is 19.4 Å². The topological polar surface area (TPSA) is 72.2 Å². The van der Waals surface area contributed by atoms with E-state index in [-0.39, 0.29) is 5.91 Å². The third kappa shape index (κ3) is 2.03. The van der Waals surface area contributed by atoms with E-state index in [1.54, 1.807) is 35.4 Å². The molecule has 0 aliphatic rings. The fraction of sp³-hybridized carbons (Fsp3) is 0. The van der Waals surface area contributed by atoms with Gasteiger partial charge in [0.2, 0.25) is 0 Å². The molecule has 1 aromatic carbocycles. The molecule has 1 amide bonds. The molecule has 7 heteroatoms. The van der Waals surface area contributed by atoms with E-state index < -0.39 is 0 Å². The van der Waals surface area contributed by atoms with Gasteiger partial charge in [-0.3, -0.25) is 19.2 Å². The number of nitrogens with one attached hydrogen (secondary N) is 1. The van der Waals surface area contributed by atoms with Crippen LogP contribution in [0.4, 0.5) is 5.69 Å². The highest BCUT2D eigenvalue weighted by Gasteiger charge is 2.12. The maximum atomic E-state index is 12.3. The Labute approximate surface area is 123 Å². The van der Waals surface area contributed by atoms with Crippen LogP contribution in [0.5, 0.6) is 0 Å². The Morgan fingerprint density at radius 3 is 2.95 bits per heavy atom. The summed E-state index contributed by atoms with van der Waals surface area (Å²) in [5.74, 6) is -0.178. The molecule has 0 unspecified atom stereocenters. The van der Waals surface area contributed by atoms with Gasteiger partial charge in [0, 0.05) is 23.5 Å². The predicted octanol–water partition coefficient (Wildman–Crippen LogP) is 2.59. The molecular weight excluding hydrogens is 286 g/mol. The summed E-state index contributed by atoms with van der Waals surface area (Å²) in [5.41, 5.74) is 2.79. The highest BCUT2D eigenvalue weighted by molar-refractivity contribution is 7.15. The second-order valence-electron chi connectivity index (χ2n) is 4.44. The third-order valence-corrected chi connectivity index (χ3v) is 4.00. The number of fused-ring (bicyclic) bond motifs is 2. The number of imidazole rings is 1. The first-order valence-corrected chi connectivity index (χ1v) is 7.11. The van der Waals surface area contributed by atoms with E-state index in [2.05, 4.69) is 20.3 Å². The lowest BCUT2D eigenvalue weighted by molar-refractivity contribution is 0.102. The van der Waals surface area contributed by atoms with Crippen LogP contribution in [-0.4, -0.2) is 25.3 Å². The zero-order chi connectivity index (χ0) is 14.2. The van der Waals surface area contributed by atoms with Gasteiger partial charge in [0.25, 0.3) is 5.91 Å². The number of thiazole rings is 1. The Balaban J connectivity index is 1.67. The first-order chi connectivity index (χ1) is 10.3. The average molecular weight is 295 g/mol. The summed E-state index contributed by atoms with van der Waals surface area (Å²) in [5, 5.41) is 4.68. The minimum Gasteiger partial charge on any atom is -0.321 e. The second-order valence-corrected chi connectivity index (χ2v) is 5.33. The van der Waals surface area contributed by atoms with E-state index in [0.29, 0.717) is 11.4 Å². The normalized spacial score (nSPS) is 11.0. The summed E-state index contributed by atoms with van der Waals surface area (Å²) in [6.45, 7) is 0. The molecule has 0 bridgehead atoms. The molecule has 3 aromatic heterocycles. The number of hydrogen-bond donors (Lipinski definition) is 1. The minimum atomic E-state index is -0.178. The van der Waals surface area contributed by atoms with Gasteiger partial charge in [-0.25, -0.2) is 4.98 Å². The van der Waals surface area contributed by atoms with Crippen molar-refractivity contribution in [2.45, 2.75) is 0 Å². The molecule has 0 spiro atoms. The standard InChI is InChI=1S/C14H9N5OS/c20-14(12-7-21-13-6-15-8-19(12)13)18-9-1-2-10-11(5-9)17-4-3-16-10/h1-8H,(H,18,20). The minimum absolute atomic E-state index is 0.178. The fourth-order valence-corrected chi connectivity index (χ4v) is 2.96. The van der Waals surface area contributed by atoms with Crippen molar-refractivity contribution in [3.05, 3.63) is 54.2 Å². The summed E-state index contributed by atoms with van der Waals surface area (Å²) in [7, 11) is 0. The maximum absolute atomic E-state index is 12.3. The molecule has 6 nitrogen and oxygen atoms in total. The molecule has 102 valence electrons. The molecule has 0 fully saturated rings. The van der Waals surface area contributed by atoms with Crippen molar-refractivity contribution in [2.75, 3.05) is 5.32 Å². The molecule has 0 saturated carbocycles. The number of hydrogen-bond acceptors (Lipinski definition) is 5. The highest BCUT2D eigenvalue weighted by atomic mass is 32.1. The van der Waals surface area contributed by atoms with E-state index in [1.165, 1.54) is 11.3 Å².